The molecule has 1 aromatic heterocycles. The third kappa shape index (κ3) is 2.72. The number of carbonyl (C=O) groups is 1. The van der Waals surface area contributed by atoms with Crippen molar-refractivity contribution >= 4 is 16.9 Å². The van der Waals surface area contributed by atoms with Crippen LogP contribution in [0.1, 0.15) is 29.5 Å². The van der Waals surface area contributed by atoms with Crippen LogP contribution in [0.3, 0.4) is 0 Å². The van der Waals surface area contributed by atoms with E-state index in [4.69, 9.17) is 4.42 Å². The average Bonchev–Trinajstić information content (AvgIpc) is 2.77. The van der Waals surface area contributed by atoms with Crippen molar-refractivity contribution in [1.82, 2.24) is 5.32 Å². The van der Waals surface area contributed by atoms with Crippen LogP contribution in [0.5, 0.6) is 0 Å². The minimum atomic E-state index is -0.193. The second-order valence-corrected chi connectivity index (χ2v) is 4.08. The molecule has 0 aliphatic rings. The van der Waals surface area contributed by atoms with E-state index in [0.29, 0.717) is 18.7 Å². The number of furan rings is 1. The highest BCUT2D eigenvalue weighted by molar-refractivity contribution is 5.96. The van der Waals surface area contributed by atoms with Crippen molar-refractivity contribution in [3.63, 3.8) is 0 Å². The van der Waals surface area contributed by atoms with Crippen LogP contribution in [0.25, 0.3) is 11.0 Å². The van der Waals surface area contributed by atoms with Gasteiger partial charge >= 0.3 is 0 Å². The number of benzene rings is 1. The summed E-state index contributed by atoms with van der Waals surface area (Å²) < 4.78 is 5.49. The largest absolute Gasteiger partial charge is 0.451 e. The van der Waals surface area contributed by atoms with Crippen LogP contribution in [0.2, 0.25) is 0 Å². The van der Waals surface area contributed by atoms with Gasteiger partial charge in [-0.2, -0.15) is 0 Å². The van der Waals surface area contributed by atoms with Crippen molar-refractivity contribution < 1.29 is 9.21 Å². The van der Waals surface area contributed by atoms with Crippen LogP contribution in [0.15, 0.2) is 28.7 Å². The van der Waals surface area contributed by atoms with Gasteiger partial charge in [-0.3, -0.25) is 4.79 Å². The zero-order valence-corrected chi connectivity index (χ0v) is 10.5. The smallest absolute Gasteiger partial charge is 0.287 e. The molecular weight excluding hydrogens is 226 g/mol. The molecule has 2 aromatic rings. The predicted molar refractivity (Wildman–Crippen MR) is 71.4 cm³/mol. The topological polar surface area (TPSA) is 42.2 Å². The van der Waals surface area contributed by atoms with Gasteiger partial charge in [0.1, 0.15) is 5.58 Å². The van der Waals surface area contributed by atoms with Crippen molar-refractivity contribution in [1.29, 1.82) is 0 Å². The van der Waals surface area contributed by atoms with Crippen LogP contribution < -0.4 is 5.32 Å². The number of fused-ring (bicyclic) bond motifs is 1. The molecule has 0 saturated heterocycles. The molecule has 3 heteroatoms. The third-order valence-electron chi connectivity index (χ3n) is 2.61. The minimum absolute atomic E-state index is 0.193. The van der Waals surface area contributed by atoms with Crippen molar-refractivity contribution in [2.45, 2.75) is 20.3 Å². The Labute approximate surface area is 106 Å². The van der Waals surface area contributed by atoms with Gasteiger partial charge in [0.2, 0.25) is 0 Å². The fraction of sp³-hybridized carbons (Fsp3) is 0.267. The van der Waals surface area contributed by atoms with Gasteiger partial charge in [0.15, 0.2) is 5.76 Å². The second kappa shape index (κ2) is 5.42. The Balaban J connectivity index is 2.10. The predicted octanol–water partition coefficient (Wildman–Crippen LogP) is 2.88. The molecule has 0 aliphatic heterocycles. The Morgan fingerprint density at radius 2 is 2.22 bits per heavy atom. The van der Waals surface area contributed by atoms with Gasteiger partial charge in [-0.05, 0) is 32.0 Å². The Morgan fingerprint density at radius 1 is 1.39 bits per heavy atom. The summed E-state index contributed by atoms with van der Waals surface area (Å²) in [6.07, 6.45) is 0.654. The summed E-state index contributed by atoms with van der Waals surface area (Å²) in [5.74, 6) is 5.83. The molecule has 0 saturated carbocycles. The number of aryl methyl sites for hydroxylation is 1. The minimum Gasteiger partial charge on any atom is -0.451 e. The molecule has 0 unspecified atom stereocenters. The molecule has 1 N–H and O–H groups in total. The number of hydrogen-bond acceptors (Lipinski definition) is 2. The molecule has 92 valence electrons. The lowest BCUT2D eigenvalue weighted by Crippen LogP contribution is -2.23. The number of amides is 1. The van der Waals surface area contributed by atoms with Crippen LogP contribution in [-0.4, -0.2) is 12.5 Å². The SMILES string of the molecule is CC#CCCNC(=O)c1cc2cc(C)ccc2o1. The molecule has 18 heavy (non-hydrogen) atoms. The molecule has 1 heterocycles. The highest BCUT2D eigenvalue weighted by atomic mass is 16.3. The van der Waals surface area contributed by atoms with Crippen molar-refractivity contribution in [2.24, 2.45) is 0 Å². The van der Waals surface area contributed by atoms with Gasteiger partial charge in [0.05, 0.1) is 0 Å². The van der Waals surface area contributed by atoms with Gasteiger partial charge in [-0.15, -0.1) is 11.8 Å². The normalized spacial score (nSPS) is 9.89. The molecule has 0 atom stereocenters. The van der Waals surface area contributed by atoms with E-state index in [1.54, 1.807) is 13.0 Å². The van der Waals surface area contributed by atoms with E-state index in [9.17, 15) is 4.79 Å². The lowest BCUT2D eigenvalue weighted by molar-refractivity contribution is 0.0929. The van der Waals surface area contributed by atoms with Crippen LogP contribution >= 0.6 is 0 Å². The van der Waals surface area contributed by atoms with Crippen molar-refractivity contribution in [3.05, 3.63) is 35.6 Å². The molecular formula is C15H15NO2. The Kier molecular flexibility index (Phi) is 3.69. The molecule has 2 rings (SSSR count). The molecule has 1 amide bonds. The molecule has 0 spiro atoms. The fourth-order valence-corrected chi connectivity index (χ4v) is 1.73. The van der Waals surface area contributed by atoms with E-state index in [2.05, 4.69) is 17.2 Å². The maximum atomic E-state index is 11.8. The van der Waals surface area contributed by atoms with E-state index in [1.165, 1.54) is 0 Å². The molecule has 0 fully saturated rings. The van der Waals surface area contributed by atoms with E-state index in [0.717, 1.165) is 16.5 Å². The lowest BCUT2D eigenvalue weighted by Gasteiger charge is -1.98. The van der Waals surface area contributed by atoms with Crippen molar-refractivity contribution in [2.75, 3.05) is 6.54 Å². The first-order chi connectivity index (χ1) is 8.70. The quantitative estimate of drug-likeness (QED) is 0.663. The van der Waals surface area contributed by atoms with Gasteiger partial charge in [0.25, 0.3) is 5.91 Å². The fourth-order valence-electron chi connectivity index (χ4n) is 1.73. The number of carbonyl (C=O) groups excluding carboxylic acids is 1. The van der Waals surface area contributed by atoms with Gasteiger partial charge in [-0.25, -0.2) is 0 Å². The molecule has 0 bridgehead atoms. The van der Waals surface area contributed by atoms with Gasteiger partial charge < -0.3 is 9.73 Å². The molecule has 0 radical (unpaired) electrons. The van der Waals surface area contributed by atoms with Crippen LogP contribution in [0.4, 0.5) is 0 Å². The molecule has 3 nitrogen and oxygen atoms in total. The summed E-state index contributed by atoms with van der Waals surface area (Å²) in [6.45, 7) is 4.33. The first kappa shape index (κ1) is 12.3. The summed E-state index contributed by atoms with van der Waals surface area (Å²) in [4.78, 5) is 11.8. The van der Waals surface area contributed by atoms with Gasteiger partial charge in [-0.1, -0.05) is 11.6 Å². The van der Waals surface area contributed by atoms with E-state index < -0.39 is 0 Å². The first-order valence-electron chi connectivity index (χ1n) is 5.88. The monoisotopic (exact) mass is 241 g/mol. The summed E-state index contributed by atoms with van der Waals surface area (Å²) in [5, 5.41) is 3.73. The van der Waals surface area contributed by atoms with Crippen LogP contribution in [-0.2, 0) is 0 Å². The summed E-state index contributed by atoms with van der Waals surface area (Å²) in [5.41, 5.74) is 1.88. The molecule has 0 aliphatic carbocycles. The summed E-state index contributed by atoms with van der Waals surface area (Å²) >= 11 is 0. The van der Waals surface area contributed by atoms with E-state index in [-0.39, 0.29) is 5.91 Å². The lowest BCUT2D eigenvalue weighted by atomic mass is 10.2. The summed E-state index contributed by atoms with van der Waals surface area (Å²) in [6, 6.07) is 7.61. The zero-order valence-electron chi connectivity index (χ0n) is 10.5. The third-order valence-corrected chi connectivity index (χ3v) is 2.61. The molecule has 1 aromatic carbocycles. The van der Waals surface area contributed by atoms with Gasteiger partial charge in [0, 0.05) is 18.4 Å². The number of hydrogen-bond donors (Lipinski definition) is 1. The maximum Gasteiger partial charge on any atom is 0.287 e. The summed E-state index contributed by atoms with van der Waals surface area (Å²) in [7, 11) is 0. The van der Waals surface area contributed by atoms with E-state index in [1.807, 2.05) is 25.1 Å². The average molecular weight is 241 g/mol. The Hall–Kier alpha value is -2.21. The standard InChI is InChI=1S/C15H15NO2/c1-3-4-5-8-16-15(17)14-10-12-9-11(2)6-7-13(12)18-14/h6-7,9-10H,5,8H2,1-2H3,(H,16,17). The second-order valence-electron chi connectivity index (χ2n) is 4.08. The number of rotatable bonds is 3. The number of nitrogens with one attached hydrogen (secondary N) is 1. The zero-order chi connectivity index (χ0) is 13.0. The van der Waals surface area contributed by atoms with E-state index >= 15 is 0 Å². The van der Waals surface area contributed by atoms with Crippen molar-refractivity contribution in [3.8, 4) is 11.8 Å². The Bertz CT molecular complexity index is 629. The Morgan fingerprint density at radius 3 is 3.00 bits per heavy atom. The highest BCUT2D eigenvalue weighted by Gasteiger charge is 2.11. The van der Waals surface area contributed by atoms with Crippen LogP contribution in [0, 0.1) is 18.8 Å². The first-order valence-corrected chi connectivity index (χ1v) is 5.88. The highest BCUT2D eigenvalue weighted by Crippen LogP contribution is 2.20. The maximum absolute atomic E-state index is 11.8.